The molecule has 0 saturated carbocycles. The molecule has 0 fully saturated rings. The van der Waals surface area contributed by atoms with Gasteiger partial charge in [0.2, 0.25) is 0 Å². The fraction of sp³-hybridized carbons (Fsp3) is 0.640. The summed E-state index contributed by atoms with van der Waals surface area (Å²) in [4.78, 5) is 33.6. The maximum absolute atomic E-state index is 12.6. The Hall–Kier alpha value is -3.11. The van der Waals surface area contributed by atoms with E-state index in [-0.39, 0.29) is 13.0 Å². The van der Waals surface area contributed by atoms with Crippen molar-refractivity contribution in [1.29, 1.82) is 0 Å². The SMILES string of the molecule is CC/C=C\C/C=C\C/C=C\C/C=C\C/C=C\C/C=C\CCC(=O)OC(COCCCCCCCCCCCC/C=C\C/C=C\CCCCC)COP(=O)(O)OCC(N)C(=O)O. The van der Waals surface area contributed by atoms with Gasteiger partial charge in [-0.25, -0.2) is 4.57 Å². The summed E-state index contributed by atoms with van der Waals surface area (Å²) in [5.41, 5.74) is 5.36. The number of hydrogen-bond acceptors (Lipinski definition) is 8. The first-order chi connectivity index (χ1) is 29.7. The summed E-state index contributed by atoms with van der Waals surface area (Å²) in [5, 5.41) is 8.91. The molecule has 4 N–H and O–H groups in total. The van der Waals surface area contributed by atoms with E-state index in [2.05, 4.69) is 98.9 Å². The Balaban J connectivity index is 4.34. The molecule has 3 unspecified atom stereocenters. The molecule has 0 aromatic carbocycles. The summed E-state index contributed by atoms with van der Waals surface area (Å²) in [6, 6.07) is -1.49. The first kappa shape index (κ1) is 57.9. The lowest BCUT2D eigenvalue weighted by atomic mass is 10.1. The van der Waals surface area contributed by atoms with Gasteiger partial charge in [-0.15, -0.1) is 0 Å². The third-order valence-electron chi connectivity index (χ3n) is 9.36. The first-order valence-electron chi connectivity index (χ1n) is 23.3. The van der Waals surface area contributed by atoms with E-state index < -0.39 is 45.1 Å². The Morgan fingerprint density at radius 3 is 1.43 bits per heavy atom. The van der Waals surface area contributed by atoms with Crippen molar-refractivity contribution in [2.45, 2.75) is 180 Å². The number of unbranched alkanes of at least 4 members (excludes halogenated alkanes) is 13. The van der Waals surface area contributed by atoms with Crippen molar-refractivity contribution in [3.63, 3.8) is 0 Å². The van der Waals surface area contributed by atoms with Crippen LogP contribution in [0.4, 0.5) is 0 Å². The second-order valence-electron chi connectivity index (χ2n) is 15.1. The van der Waals surface area contributed by atoms with Gasteiger partial charge in [-0.1, -0.05) is 175 Å². The fourth-order valence-electron chi connectivity index (χ4n) is 5.78. The van der Waals surface area contributed by atoms with Gasteiger partial charge in [0.25, 0.3) is 0 Å². The zero-order valence-electron chi connectivity index (χ0n) is 38.0. The average Bonchev–Trinajstić information content (AvgIpc) is 3.24. The number of rotatable bonds is 43. The summed E-state index contributed by atoms with van der Waals surface area (Å²) >= 11 is 0. The van der Waals surface area contributed by atoms with Gasteiger partial charge in [-0.2, -0.15) is 0 Å². The number of carbonyl (C=O) groups is 2. The van der Waals surface area contributed by atoms with Crippen molar-refractivity contribution >= 4 is 19.8 Å². The monoisotopic (exact) mass is 874 g/mol. The molecule has 0 spiro atoms. The minimum Gasteiger partial charge on any atom is -0.480 e. The van der Waals surface area contributed by atoms with Crippen LogP contribution in [0.25, 0.3) is 0 Å². The normalized spacial score (nSPS) is 14.7. The predicted octanol–water partition coefficient (Wildman–Crippen LogP) is 13.3. The van der Waals surface area contributed by atoms with Crippen LogP contribution in [0.1, 0.15) is 168 Å². The number of carboxylic acids is 1. The number of hydrogen-bond donors (Lipinski definition) is 3. The van der Waals surface area contributed by atoms with Crippen molar-refractivity contribution in [3.05, 3.63) is 97.2 Å². The van der Waals surface area contributed by atoms with Gasteiger partial charge in [0.15, 0.2) is 0 Å². The van der Waals surface area contributed by atoms with Gasteiger partial charge in [0.1, 0.15) is 12.1 Å². The largest absolute Gasteiger partial charge is 0.480 e. The van der Waals surface area contributed by atoms with Crippen LogP contribution in [0.5, 0.6) is 0 Å². The molecule has 0 aliphatic heterocycles. The number of phosphoric ester groups is 1. The van der Waals surface area contributed by atoms with E-state index in [1.54, 1.807) is 0 Å². The molecule has 0 heterocycles. The molecule has 348 valence electrons. The maximum Gasteiger partial charge on any atom is 0.472 e. The number of phosphoric acid groups is 1. The molecule has 0 rings (SSSR count). The minimum atomic E-state index is -4.65. The molecular weight excluding hydrogens is 790 g/mol. The Morgan fingerprint density at radius 1 is 0.541 bits per heavy atom. The first-order valence-corrected chi connectivity index (χ1v) is 24.8. The van der Waals surface area contributed by atoms with Gasteiger partial charge in [-0.3, -0.25) is 18.6 Å². The highest BCUT2D eigenvalue weighted by Crippen LogP contribution is 2.43. The molecular formula is C50H84NO9P. The molecule has 11 heteroatoms. The number of ether oxygens (including phenoxy) is 2. The number of esters is 1. The smallest absolute Gasteiger partial charge is 0.472 e. The Kier molecular flexibility index (Phi) is 42.6. The summed E-state index contributed by atoms with van der Waals surface area (Å²) < 4.78 is 33.3. The molecule has 0 amide bonds. The second kappa shape index (κ2) is 44.9. The van der Waals surface area contributed by atoms with E-state index in [0.29, 0.717) is 13.0 Å². The molecule has 0 aliphatic carbocycles. The standard InChI is InChI=1S/C50H84NO9P/c1-3-5-7-9-11-13-15-17-19-21-23-25-27-29-31-33-35-37-39-41-43-57-44-47(45-58-61(55,56)59-46-48(51)50(53)54)60-49(52)42-40-38-36-34-32-30-28-26-24-22-20-18-16-14-12-10-8-6-4-2/h6,8,11-14,17-20,24,26,30,32,36,38,47-48H,3-5,7,9-10,15-16,21-23,25,27-29,31,33-35,37,39-46,51H2,1-2H3,(H,53,54)(H,55,56)/b8-6-,13-11-,14-12-,19-17-,20-18-,26-24-,32-30-,38-36-. The van der Waals surface area contributed by atoms with E-state index in [9.17, 15) is 19.0 Å². The van der Waals surface area contributed by atoms with Crippen LogP contribution < -0.4 is 5.73 Å². The lowest BCUT2D eigenvalue weighted by molar-refractivity contribution is -0.154. The van der Waals surface area contributed by atoms with Crippen molar-refractivity contribution in [1.82, 2.24) is 0 Å². The third kappa shape index (κ3) is 44.7. The lowest BCUT2D eigenvalue weighted by Crippen LogP contribution is -2.34. The Labute approximate surface area is 370 Å². The molecule has 0 aliphatic rings. The zero-order valence-corrected chi connectivity index (χ0v) is 38.9. The van der Waals surface area contributed by atoms with Crippen LogP contribution >= 0.6 is 7.82 Å². The second-order valence-corrected chi connectivity index (χ2v) is 16.6. The van der Waals surface area contributed by atoms with Crippen LogP contribution in [0.15, 0.2) is 97.2 Å². The van der Waals surface area contributed by atoms with E-state index in [1.807, 2.05) is 12.2 Å². The van der Waals surface area contributed by atoms with Gasteiger partial charge in [0.05, 0.1) is 19.8 Å². The van der Waals surface area contributed by atoms with Crippen molar-refractivity contribution in [2.75, 3.05) is 26.4 Å². The van der Waals surface area contributed by atoms with Crippen LogP contribution in [0.3, 0.4) is 0 Å². The third-order valence-corrected chi connectivity index (χ3v) is 10.3. The fourth-order valence-corrected chi connectivity index (χ4v) is 6.55. The number of allylic oxidation sites excluding steroid dienone is 16. The van der Waals surface area contributed by atoms with Crippen LogP contribution in [-0.2, 0) is 32.7 Å². The van der Waals surface area contributed by atoms with Crippen LogP contribution in [0, 0.1) is 0 Å². The maximum atomic E-state index is 12.6. The highest BCUT2D eigenvalue weighted by molar-refractivity contribution is 7.47. The van der Waals surface area contributed by atoms with Crippen LogP contribution in [0.2, 0.25) is 0 Å². The zero-order chi connectivity index (χ0) is 44.8. The van der Waals surface area contributed by atoms with Crippen LogP contribution in [-0.4, -0.2) is 60.5 Å². The van der Waals surface area contributed by atoms with Gasteiger partial charge in [-0.05, 0) is 83.5 Å². The topological polar surface area (TPSA) is 155 Å². The molecule has 0 aromatic heterocycles. The van der Waals surface area contributed by atoms with Gasteiger partial charge >= 0.3 is 19.8 Å². The average molecular weight is 874 g/mol. The molecule has 10 nitrogen and oxygen atoms in total. The molecule has 0 aromatic rings. The van der Waals surface area contributed by atoms with Crippen molar-refractivity contribution in [3.8, 4) is 0 Å². The van der Waals surface area contributed by atoms with Gasteiger partial charge in [0, 0.05) is 13.0 Å². The summed E-state index contributed by atoms with van der Waals surface area (Å²) in [7, 11) is -4.65. The highest BCUT2D eigenvalue weighted by Gasteiger charge is 2.27. The highest BCUT2D eigenvalue weighted by atomic mass is 31.2. The quantitative estimate of drug-likeness (QED) is 0.0233. The number of carboxylic acid groups (broad SMARTS) is 1. The molecule has 3 atom stereocenters. The molecule has 0 bridgehead atoms. The predicted molar refractivity (Wildman–Crippen MR) is 253 cm³/mol. The van der Waals surface area contributed by atoms with E-state index in [4.69, 9.17) is 29.4 Å². The number of aliphatic carboxylic acids is 1. The van der Waals surface area contributed by atoms with E-state index in [0.717, 1.165) is 64.2 Å². The number of nitrogens with two attached hydrogens (primary N) is 1. The Bertz CT molecular complexity index is 1330. The summed E-state index contributed by atoms with van der Waals surface area (Å²) in [5.74, 6) is -1.87. The summed E-state index contributed by atoms with van der Waals surface area (Å²) in [6.07, 6.45) is 59.0. The molecule has 0 radical (unpaired) electrons. The van der Waals surface area contributed by atoms with Gasteiger partial charge < -0.3 is 25.2 Å². The molecule has 0 saturated heterocycles. The summed E-state index contributed by atoms with van der Waals surface area (Å²) in [6.45, 7) is 3.63. The van der Waals surface area contributed by atoms with E-state index >= 15 is 0 Å². The van der Waals surface area contributed by atoms with Crippen molar-refractivity contribution < 1.29 is 42.7 Å². The lowest BCUT2D eigenvalue weighted by Gasteiger charge is -2.20. The Morgan fingerprint density at radius 2 is 0.951 bits per heavy atom. The minimum absolute atomic E-state index is 0.0216. The molecule has 61 heavy (non-hydrogen) atoms. The van der Waals surface area contributed by atoms with Crippen molar-refractivity contribution in [2.24, 2.45) is 5.73 Å². The number of carbonyl (C=O) groups excluding carboxylic acids is 1. The van der Waals surface area contributed by atoms with E-state index in [1.165, 1.54) is 77.0 Å².